The van der Waals surface area contributed by atoms with Crippen molar-refractivity contribution in [3.63, 3.8) is 0 Å². The molecule has 2 heterocycles. The van der Waals surface area contributed by atoms with E-state index in [1.807, 2.05) is 25.1 Å². The van der Waals surface area contributed by atoms with Gasteiger partial charge in [0.1, 0.15) is 23.5 Å². The molecule has 2 aromatic rings. The first-order valence-corrected chi connectivity index (χ1v) is 9.51. The second-order valence-electron chi connectivity index (χ2n) is 7.17. The van der Waals surface area contributed by atoms with Gasteiger partial charge in [0.15, 0.2) is 0 Å². The third-order valence-corrected chi connectivity index (χ3v) is 5.28. The van der Waals surface area contributed by atoms with Crippen LogP contribution in [0.15, 0.2) is 24.3 Å². The number of anilines is 1. The Morgan fingerprint density at radius 2 is 1.96 bits per heavy atom. The van der Waals surface area contributed by atoms with E-state index in [0.29, 0.717) is 5.56 Å². The molecule has 2 aliphatic rings. The van der Waals surface area contributed by atoms with E-state index in [2.05, 4.69) is 16.0 Å². The molecule has 4 rings (SSSR count). The largest absolute Gasteiger partial charge is 0.490 e. The Labute approximate surface area is 154 Å². The number of aromatic nitrogens is 2. The van der Waals surface area contributed by atoms with Crippen molar-refractivity contribution in [2.75, 3.05) is 18.0 Å². The highest BCUT2D eigenvalue weighted by atomic mass is 16.5. The molecule has 134 valence electrons. The molecule has 1 aromatic heterocycles. The molecule has 0 bridgehead atoms. The minimum absolute atomic E-state index is 0.193. The van der Waals surface area contributed by atoms with Crippen molar-refractivity contribution in [1.82, 2.24) is 9.97 Å². The summed E-state index contributed by atoms with van der Waals surface area (Å²) in [5, 5.41) is 9.02. The quantitative estimate of drug-likeness (QED) is 0.848. The molecule has 0 saturated carbocycles. The van der Waals surface area contributed by atoms with Crippen LogP contribution in [0, 0.1) is 18.3 Å². The number of fused-ring (bicyclic) bond motifs is 1. The van der Waals surface area contributed by atoms with Gasteiger partial charge >= 0.3 is 0 Å². The van der Waals surface area contributed by atoms with E-state index < -0.39 is 0 Å². The molecule has 5 nitrogen and oxygen atoms in total. The molecule has 0 radical (unpaired) electrons. The maximum Gasteiger partial charge on any atom is 0.135 e. The SMILES string of the molecule is Cc1nc2c(c(N3CCC(Oc4cccc(C#N)c4)CC3)n1)CCCC2. The molecular formula is C21H24N4O. The number of hydrogen-bond acceptors (Lipinski definition) is 5. The first-order valence-electron chi connectivity index (χ1n) is 9.51. The van der Waals surface area contributed by atoms with Gasteiger partial charge in [0.05, 0.1) is 11.6 Å². The van der Waals surface area contributed by atoms with Crippen molar-refractivity contribution < 1.29 is 4.74 Å². The van der Waals surface area contributed by atoms with Gasteiger partial charge in [-0.2, -0.15) is 5.26 Å². The maximum atomic E-state index is 9.02. The van der Waals surface area contributed by atoms with Crippen LogP contribution in [-0.4, -0.2) is 29.2 Å². The fourth-order valence-corrected chi connectivity index (χ4v) is 3.97. The van der Waals surface area contributed by atoms with Gasteiger partial charge in [0.2, 0.25) is 0 Å². The summed E-state index contributed by atoms with van der Waals surface area (Å²) in [6, 6.07) is 9.58. The Balaban J connectivity index is 1.44. The van der Waals surface area contributed by atoms with Crippen LogP contribution in [0.4, 0.5) is 5.82 Å². The summed E-state index contributed by atoms with van der Waals surface area (Å²) in [5.41, 5.74) is 3.26. The topological polar surface area (TPSA) is 62.0 Å². The highest BCUT2D eigenvalue weighted by Gasteiger charge is 2.26. The number of rotatable bonds is 3. The van der Waals surface area contributed by atoms with Gasteiger partial charge in [-0.25, -0.2) is 9.97 Å². The molecule has 0 N–H and O–H groups in total. The van der Waals surface area contributed by atoms with Crippen molar-refractivity contribution in [2.24, 2.45) is 0 Å². The Kier molecular flexibility index (Phi) is 4.75. The number of ether oxygens (including phenoxy) is 1. The molecule has 0 unspecified atom stereocenters. The van der Waals surface area contributed by atoms with Gasteiger partial charge in [0, 0.05) is 37.2 Å². The molecule has 0 atom stereocenters. The molecule has 1 saturated heterocycles. The van der Waals surface area contributed by atoms with Gasteiger partial charge in [0.25, 0.3) is 0 Å². The van der Waals surface area contributed by atoms with E-state index >= 15 is 0 Å². The minimum atomic E-state index is 0.193. The Morgan fingerprint density at radius 1 is 1.15 bits per heavy atom. The molecule has 1 fully saturated rings. The van der Waals surface area contributed by atoms with Crippen molar-refractivity contribution in [3.05, 3.63) is 46.9 Å². The average molecular weight is 348 g/mol. The summed E-state index contributed by atoms with van der Waals surface area (Å²) in [6.45, 7) is 3.90. The van der Waals surface area contributed by atoms with Crippen LogP contribution >= 0.6 is 0 Å². The smallest absolute Gasteiger partial charge is 0.135 e. The molecular weight excluding hydrogens is 324 g/mol. The lowest BCUT2D eigenvalue weighted by molar-refractivity contribution is 0.170. The fraction of sp³-hybridized carbons (Fsp3) is 0.476. The second kappa shape index (κ2) is 7.33. The average Bonchev–Trinajstić information content (AvgIpc) is 2.68. The lowest BCUT2D eigenvalue weighted by atomic mass is 9.95. The van der Waals surface area contributed by atoms with Crippen molar-refractivity contribution in [3.8, 4) is 11.8 Å². The highest BCUT2D eigenvalue weighted by Crippen LogP contribution is 2.30. The van der Waals surface area contributed by atoms with E-state index in [1.165, 1.54) is 24.1 Å². The zero-order chi connectivity index (χ0) is 17.9. The summed E-state index contributed by atoms with van der Waals surface area (Å²) in [6.07, 6.45) is 6.78. The molecule has 26 heavy (non-hydrogen) atoms. The highest BCUT2D eigenvalue weighted by molar-refractivity contribution is 5.50. The van der Waals surface area contributed by atoms with Gasteiger partial charge in [-0.3, -0.25) is 0 Å². The molecule has 1 aliphatic heterocycles. The monoisotopic (exact) mass is 348 g/mol. The first kappa shape index (κ1) is 16.8. The molecule has 0 spiro atoms. The number of nitriles is 1. The lowest BCUT2D eigenvalue weighted by Gasteiger charge is -2.35. The lowest BCUT2D eigenvalue weighted by Crippen LogP contribution is -2.39. The number of piperidine rings is 1. The number of aryl methyl sites for hydroxylation is 2. The van der Waals surface area contributed by atoms with Crippen molar-refractivity contribution in [2.45, 2.75) is 51.6 Å². The third-order valence-electron chi connectivity index (χ3n) is 5.28. The van der Waals surface area contributed by atoms with E-state index in [-0.39, 0.29) is 6.10 Å². The second-order valence-corrected chi connectivity index (χ2v) is 7.17. The Bertz CT molecular complexity index is 834. The van der Waals surface area contributed by atoms with Crippen LogP contribution in [-0.2, 0) is 12.8 Å². The van der Waals surface area contributed by atoms with E-state index in [0.717, 1.165) is 56.2 Å². The van der Waals surface area contributed by atoms with Crippen LogP contribution < -0.4 is 9.64 Å². The number of hydrogen-bond donors (Lipinski definition) is 0. The standard InChI is InChI=1S/C21H24N4O/c1-15-23-20-8-3-2-7-19(20)21(24-15)25-11-9-17(10-12-25)26-18-6-4-5-16(13-18)14-22/h4-6,13,17H,2-3,7-12H2,1H3. The van der Waals surface area contributed by atoms with Crippen molar-refractivity contribution in [1.29, 1.82) is 5.26 Å². The maximum absolute atomic E-state index is 9.02. The minimum Gasteiger partial charge on any atom is -0.490 e. The van der Waals surface area contributed by atoms with Crippen LogP contribution in [0.25, 0.3) is 0 Å². The van der Waals surface area contributed by atoms with Crippen LogP contribution in [0.5, 0.6) is 5.75 Å². The van der Waals surface area contributed by atoms with E-state index in [9.17, 15) is 0 Å². The third kappa shape index (κ3) is 3.50. The molecule has 1 aromatic carbocycles. The Hall–Kier alpha value is -2.61. The fourth-order valence-electron chi connectivity index (χ4n) is 3.97. The summed E-state index contributed by atoms with van der Waals surface area (Å²) >= 11 is 0. The van der Waals surface area contributed by atoms with Crippen molar-refractivity contribution >= 4 is 5.82 Å². The van der Waals surface area contributed by atoms with E-state index in [4.69, 9.17) is 15.0 Å². The van der Waals surface area contributed by atoms with Gasteiger partial charge in [-0.1, -0.05) is 6.07 Å². The number of benzene rings is 1. The van der Waals surface area contributed by atoms with Crippen LogP contribution in [0.2, 0.25) is 0 Å². The Morgan fingerprint density at radius 3 is 2.77 bits per heavy atom. The molecule has 1 aliphatic carbocycles. The number of nitrogens with zero attached hydrogens (tertiary/aromatic N) is 4. The van der Waals surface area contributed by atoms with Crippen LogP contribution in [0.1, 0.15) is 48.3 Å². The zero-order valence-corrected chi connectivity index (χ0v) is 15.2. The van der Waals surface area contributed by atoms with Crippen LogP contribution in [0.3, 0.4) is 0 Å². The summed E-state index contributed by atoms with van der Waals surface area (Å²) < 4.78 is 6.11. The molecule has 5 heteroatoms. The predicted octanol–water partition coefficient (Wildman–Crippen LogP) is 3.58. The predicted molar refractivity (Wildman–Crippen MR) is 100 cm³/mol. The van der Waals surface area contributed by atoms with Gasteiger partial charge < -0.3 is 9.64 Å². The summed E-state index contributed by atoms with van der Waals surface area (Å²) in [7, 11) is 0. The molecule has 0 amide bonds. The normalized spacial score (nSPS) is 17.5. The summed E-state index contributed by atoms with van der Waals surface area (Å²) in [4.78, 5) is 11.9. The van der Waals surface area contributed by atoms with Gasteiger partial charge in [-0.15, -0.1) is 0 Å². The van der Waals surface area contributed by atoms with E-state index in [1.54, 1.807) is 6.07 Å². The summed E-state index contributed by atoms with van der Waals surface area (Å²) in [5.74, 6) is 2.82. The van der Waals surface area contributed by atoms with Gasteiger partial charge in [-0.05, 0) is 50.8 Å². The first-order chi connectivity index (χ1) is 12.7. The zero-order valence-electron chi connectivity index (χ0n) is 15.2.